The standard InChI is InChI=1S/C15H11FN6S/c16-11-4-2-1-3-9(11)8-22-13-10(7-19-22)12(20-15(17)21-13)14-18-5-6-23-14/h1-7H,8H2,(H2,17,20,21). The van der Waals surface area contributed by atoms with Crippen molar-refractivity contribution in [3.63, 3.8) is 0 Å². The van der Waals surface area contributed by atoms with Crippen LogP contribution in [0.5, 0.6) is 0 Å². The predicted molar refractivity (Wildman–Crippen MR) is 86.3 cm³/mol. The van der Waals surface area contributed by atoms with Gasteiger partial charge in [-0.2, -0.15) is 10.1 Å². The van der Waals surface area contributed by atoms with E-state index in [2.05, 4.69) is 20.1 Å². The Balaban J connectivity index is 1.85. The first kappa shape index (κ1) is 13.8. The van der Waals surface area contributed by atoms with Crippen LogP contribution in [0.1, 0.15) is 5.56 Å². The molecule has 0 atom stereocenters. The maximum atomic E-state index is 13.9. The fourth-order valence-electron chi connectivity index (χ4n) is 2.38. The highest BCUT2D eigenvalue weighted by molar-refractivity contribution is 7.13. The third-order valence-electron chi connectivity index (χ3n) is 3.43. The van der Waals surface area contributed by atoms with Crippen LogP contribution in [-0.2, 0) is 6.54 Å². The molecule has 0 radical (unpaired) electrons. The van der Waals surface area contributed by atoms with E-state index in [4.69, 9.17) is 5.73 Å². The fourth-order valence-corrected chi connectivity index (χ4v) is 3.02. The van der Waals surface area contributed by atoms with Crippen molar-refractivity contribution < 1.29 is 4.39 Å². The van der Waals surface area contributed by atoms with Crippen LogP contribution < -0.4 is 5.73 Å². The van der Waals surface area contributed by atoms with Gasteiger partial charge in [-0.3, -0.25) is 0 Å². The SMILES string of the molecule is Nc1nc(-c2nccs2)c2cnn(Cc3ccccc3F)c2n1. The van der Waals surface area contributed by atoms with Gasteiger partial charge in [0.1, 0.15) is 16.5 Å². The van der Waals surface area contributed by atoms with E-state index in [-0.39, 0.29) is 18.3 Å². The summed E-state index contributed by atoms with van der Waals surface area (Å²) in [5, 5.41) is 7.66. The number of anilines is 1. The van der Waals surface area contributed by atoms with Crippen LogP contribution in [0.15, 0.2) is 42.0 Å². The van der Waals surface area contributed by atoms with Gasteiger partial charge in [-0.1, -0.05) is 18.2 Å². The Morgan fingerprint density at radius 1 is 1.22 bits per heavy atom. The number of halogens is 1. The molecule has 114 valence electrons. The van der Waals surface area contributed by atoms with Crippen molar-refractivity contribution in [2.24, 2.45) is 0 Å². The zero-order valence-corrected chi connectivity index (χ0v) is 12.7. The highest BCUT2D eigenvalue weighted by Crippen LogP contribution is 2.28. The zero-order valence-electron chi connectivity index (χ0n) is 11.8. The minimum absolute atomic E-state index is 0.137. The molecule has 2 N–H and O–H groups in total. The van der Waals surface area contributed by atoms with Gasteiger partial charge in [0.05, 0.1) is 18.1 Å². The van der Waals surface area contributed by atoms with Crippen molar-refractivity contribution in [2.75, 3.05) is 5.73 Å². The van der Waals surface area contributed by atoms with Crippen LogP contribution in [0.4, 0.5) is 10.3 Å². The monoisotopic (exact) mass is 326 g/mol. The van der Waals surface area contributed by atoms with E-state index < -0.39 is 0 Å². The van der Waals surface area contributed by atoms with Crippen LogP contribution in [0, 0.1) is 5.82 Å². The summed E-state index contributed by atoms with van der Waals surface area (Å²) in [4.78, 5) is 12.8. The van der Waals surface area contributed by atoms with E-state index >= 15 is 0 Å². The molecule has 0 aliphatic rings. The Labute approximate surface area is 134 Å². The molecule has 1 aromatic carbocycles. The predicted octanol–water partition coefficient (Wildman–Crippen LogP) is 2.72. The van der Waals surface area contributed by atoms with E-state index in [1.807, 2.05) is 5.38 Å². The van der Waals surface area contributed by atoms with E-state index in [9.17, 15) is 4.39 Å². The number of fused-ring (bicyclic) bond motifs is 1. The zero-order chi connectivity index (χ0) is 15.8. The molecule has 0 aliphatic heterocycles. The first-order valence-electron chi connectivity index (χ1n) is 6.84. The molecule has 0 saturated carbocycles. The number of rotatable bonds is 3. The van der Waals surface area contributed by atoms with Gasteiger partial charge in [0.2, 0.25) is 5.95 Å². The second-order valence-corrected chi connectivity index (χ2v) is 5.79. The molecule has 3 heterocycles. The van der Waals surface area contributed by atoms with Gasteiger partial charge in [0.15, 0.2) is 5.65 Å². The number of nitrogen functional groups attached to an aromatic ring is 1. The molecule has 6 nitrogen and oxygen atoms in total. The first-order valence-corrected chi connectivity index (χ1v) is 7.72. The summed E-state index contributed by atoms with van der Waals surface area (Å²) in [5.74, 6) is -0.142. The quantitative estimate of drug-likeness (QED) is 0.626. The summed E-state index contributed by atoms with van der Waals surface area (Å²) in [6.07, 6.45) is 3.36. The minimum atomic E-state index is -0.279. The lowest BCUT2D eigenvalue weighted by Gasteiger charge is -2.06. The molecular formula is C15H11FN6S. The highest BCUT2D eigenvalue weighted by Gasteiger charge is 2.15. The number of benzene rings is 1. The topological polar surface area (TPSA) is 82.5 Å². The molecule has 4 aromatic rings. The number of aromatic nitrogens is 5. The third kappa shape index (κ3) is 2.42. The highest BCUT2D eigenvalue weighted by atomic mass is 32.1. The van der Waals surface area contributed by atoms with Crippen LogP contribution in [0.3, 0.4) is 0 Å². The molecular weight excluding hydrogens is 315 g/mol. The molecule has 4 rings (SSSR count). The van der Waals surface area contributed by atoms with E-state index in [0.29, 0.717) is 16.9 Å². The second kappa shape index (κ2) is 5.40. The van der Waals surface area contributed by atoms with Gasteiger partial charge in [-0.05, 0) is 6.07 Å². The van der Waals surface area contributed by atoms with Gasteiger partial charge in [-0.15, -0.1) is 11.3 Å². The smallest absolute Gasteiger partial charge is 0.222 e. The lowest BCUT2D eigenvalue weighted by atomic mass is 10.2. The first-order chi connectivity index (χ1) is 11.2. The maximum Gasteiger partial charge on any atom is 0.222 e. The van der Waals surface area contributed by atoms with Crippen molar-refractivity contribution in [1.82, 2.24) is 24.7 Å². The summed E-state index contributed by atoms with van der Waals surface area (Å²) in [5.41, 5.74) is 7.56. The summed E-state index contributed by atoms with van der Waals surface area (Å²) >= 11 is 1.46. The normalized spacial score (nSPS) is 11.2. The van der Waals surface area contributed by atoms with Crippen LogP contribution >= 0.6 is 11.3 Å². The molecule has 0 amide bonds. The number of hydrogen-bond acceptors (Lipinski definition) is 6. The van der Waals surface area contributed by atoms with Crippen molar-refractivity contribution in [1.29, 1.82) is 0 Å². The Hall–Kier alpha value is -2.87. The number of hydrogen-bond donors (Lipinski definition) is 1. The van der Waals surface area contributed by atoms with Crippen molar-refractivity contribution in [3.05, 3.63) is 53.4 Å². The summed E-state index contributed by atoms with van der Waals surface area (Å²) < 4.78 is 15.5. The molecule has 0 saturated heterocycles. The molecule has 3 aromatic heterocycles. The molecule has 0 fully saturated rings. The summed E-state index contributed by atoms with van der Waals surface area (Å²) in [6.45, 7) is 0.268. The van der Waals surface area contributed by atoms with Crippen molar-refractivity contribution in [3.8, 4) is 10.7 Å². The van der Waals surface area contributed by atoms with Crippen LogP contribution in [0.25, 0.3) is 21.7 Å². The Kier molecular flexibility index (Phi) is 3.23. The fraction of sp³-hybridized carbons (Fsp3) is 0.0667. The van der Waals surface area contributed by atoms with E-state index in [1.165, 1.54) is 17.4 Å². The van der Waals surface area contributed by atoms with Crippen molar-refractivity contribution in [2.45, 2.75) is 6.54 Å². The Morgan fingerprint density at radius 2 is 2.09 bits per heavy atom. The average Bonchev–Trinajstić information content (AvgIpc) is 3.19. The van der Waals surface area contributed by atoms with Gasteiger partial charge in [-0.25, -0.2) is 19.0 Å². The molecule has 0 spiro atoms. The lowest BCUT2D eigenvalue weighted by molar-refractivity contribution is 0.589. The molecule has 0 aliphatic carbocycles. The molecule has 0 unspecified atom stereocenters. The molecule has 8 heteroatoms. The third-order valence-corrected chi connectivity index (χ3v) is 4.21. The summed E-state index contributed by atoms with van der Waals surface area (Å²) in [7, 11) is 0. The van der Waals surface area contributed by atoms with Gasteiger partial charge in [0.25, 0.3) is 0 Å². The number of nitrogens with two attached hydrogens (primary N) is 1. The van der Waals surface area contributed by atoms with Crippen LogP contribution in [0.2, 0.25) is 0 Å². The summed E-state index contributed by atoms with van der Waals surface area (Å²) in [6, 6.07) is 6.58. The molecule has 0 bridgehead atoms. The van der Waals surface area contributed by atoms with E-state index in [0.717, 1.165) is 10.4 Å². The lowest BCUT2D eigenvalue weighted by Crippen LogP contribution is -2.06. The van der Waals surface area contributed by atoms with Crippen molar-refractivity contribution >= 4 is 28.3 Å². The Bertz CT molecular complexity index is 979. The average molecular weight is 326 g/mol. The number of nitrogens with zero attached hydrogens (tertiary/aromatic N) is 5. The van der Waals surface area contributed by atoms with Gasteiger partial charge >= 0.3 is 0 Å². The van der Waals surface area contributed by atoms with E-state index in [1.54, 1.807) is 35.3 Å². The van der Waals surface area contributed by atoms with Gasteiger partial charge < -0.3 is 5.73 Å². The number of thiazole rings is 1. The largest absolute Gasteiger partial charge is 0.368 e. The molecule has 23 heavy (non-hydrogen) atoms. The minimum Gasteiger partial charge on any atom is -0.368 e. The maximum absolute atomic E-state index is 13.9. The van der Waals surface area contributed by atoms with Crippen LogP contribution in [-0.4, -0.2) is 24.7 Å². The van der Waals surface area contributed by atoms with Gasteiger partial charge in [0, 0.05) is 17.1 Å². The Morgan fingerprint density at radius 3 is 2.87 bits per heavy atom. The second-order valence-electron chi connectivity index (χ2n) is 4.90.